The van der Waals surface area contributed by atoms with Crippen molar-refractivity contribution in [1.82, 2.24) is 0 Å². The fourth-order valence-electron chi connectivity index (χ4n) is 19.3. The maximum Gasteiger partial charge on any atom is 0.0465 e. The fourth-order valence-corrected chi connectivity index (χ4v) is 19.3. The van der Waals surface area contributed by atoms with Crippen LogP contribution >= 0.6 is 0 Å². The molecule has 494 valence electrons. The van der Waals surface area contributed by atoms with Crippen molar-refractivity contribution < 1.29 is 0 Å². The average Bonchev–Trinajstić information content (AvgIpc) is 1.68. The van der Waals surface area contributed by atoms with Crippen molar-refractivity contribution in [2.75, 3.05) is 9.80 Å². The molecule has 0 atom stereocenters. The number of hydrogen-bond acceptors (Lipinski definition) is 2. The van der Waals surface area contributed by atoms with Gasteiger partial charge in [-0.2, -0.15) is 0 Å². The second kappa shape index (κ2) is 21.7. The summed E-state index contributed by atoms with van der Waals surface area (Å²) in [7, 11) is 0. The van der Waals surface area contributed by atoms with Crippen LogP contribution in [0.5, 0.6) is 0 Å². The van der Waals surface area contributed by atoms with Crippen LogP contribution in [-0.4, -0.2) is 0 Å². The van der Waals surface area contributed by atoms with Crippen LogP contribution in [0.1, 0.15) is 172 Å². The molecule has 0 heterocycles. The maximum absolute atomic E-state index is 2.52. The van der Waals surface area contributed by atoms with E-state index in [-0.39, 0.29) is 32.5 Å². The molecule has 0 aliphatic heterocycles. The molecule has 0 saturated carbocycles. The van der Waals surface area contributed by atoms with Gasteiger partial charge in [0.1, 0.15) is 0 Å². The predicted octanol–water partition coefficient (Wildman–Crippen LogP) is 26.8. The molecule has 13 aromatic rings. The Bertz CT molecular complexity index is 5260. The standard InChI is InChI=1S/C100H84N2/c1-95(2)83-25-17-13-21-71(83)77-47-39-65(55-89(77)95)101(66-40-48-78-72-22-14-18-26-84(72)96(3,4)90(78)56-66)69-43-51-81-75-45-37-63(53-87(75)99(9,10)93(81)59-69)35-33-61-29-31-62(32-30-61)34-36-64-38-46-76-82-52-44-70(60-94(82)100(11,12)88(76)54-64)102(67-41-49-79-73-23-15-19-27-85(73)97(5,6)91(79)57-67)68-42-50-80-74-24-16-20-28-86(74)98(7,8)92(80)58-68/h13-60H,1-12H3. The molecule has 0 bridgehead atoms. The molecule has 0 amide bonds. The summed E-state index contributed by atoms with van der Waals surface area (Å²) in [4.78, 5) is 5.04. The highest BCUT2D eigenvalue weighted by Crippen LogP contribution is 2.59. The molecule has 19 rings (SSSR count). The van der Waals surface area contributed by atoms with Crippen molar-refractivity contribution >= 4 is 58.4 Å². The Balaban J connectivity index is 0.584. The lowest BCUT2D eigenvalue weighted by Gasteiger charge is -2.31. The van der Waals surface area contributed by atoms with Crippen LogP contribution in [0, 0.1) is 0 Å². The Kier molecular flexibility index (Phi) is 13.2. The third kappa shape index (κ3) is 8.97. The van der Waals surface area contributed by atoms with E-state index in [2.05, 4.69) is 384 Å². The summed E-state index contributed by atoms with van der Waals surface area (Å²) in [6.45, 7) is 28.7. The van der Waals surface area contributed by atoms with Crippen LogP contribution < -0.4 is 9.80 Å². The normalized spacial score (nSPS) is 16.4. The summed E-state index contributed by atoms with van der Waals surface area (Å²) >= 11 is 0. The zero-order valence-corrected chi connectivity index (χ0v) is 60.6. The quantitative estimate of drug-likeness (QED) is 0.126. The summed E-state index contributed by atoms with van der Waals surface area (Å²) in [6, 6.07) is 102. The molecule has 0 radical (unpaired) electrons. The summed E-state index contributed by atoms with van der Waals surface area (Å²) in [5.74, 6) is 0. The molecule has 13 aromatic carbocycles. The lowest BCUT2D eigenvalue weighted by atomic mass is 9.81. The van der Waals surface area contributed by atoms with E-state index in [4.69, 9.17) is 0 Å². The molecule has 102 heavy (non-hydrogen) atoms. The van der Waals surface area contributed by atoms with Crippen LogP contribution in [0.2, 0.25) is 0 Å². The second-order valence-electron chi connectivity index (χ2n) is 32.9. The van der Waals surface area contributed by atoms with Gasteiger partial charge < -0.3 is 9.80 Å². The molecular formula is C100H84N2. The first-order valence-electron chi connectivity index (χ1n) is 36.7. The first-order chi connectivity index (χ1) is 49.1. The third-order valence-corrected chi connectivity index (χ3v) is 25.1. The van der Waals surface area contributed by atoms with Gasteiger partial charge in [-0.15, -0.1) is 0 Å². The molecule has 2 heteroatoms. The SMILES string of the molecule is CC1(C)c2ccccc2-c2ccc(N(c3ccc4c(c3)C(C)(C)c3ccccc3-4)c3ccc4c(c3)C(C)(C)c3cc(C=Cc5ccc(C=Cc6ccc7c(c6)C(C)(C)c6cc(N(c8ccc9c(c8)C(C)(C)c8ccccc8-9)c8ccc9c(c8)C(C)(C)c8ccccc8-9)ccc6-7)cc5)ccc3-4)cc21. The van der Waals surface area contributed by atoms with Gasteiger partial charge in [0.15, 0.2) is 0 Å². The van der Waals surface area contributed by atoms with Crippen molar-refractivity contribution in [1.29, 1.82) is 0 Å². The van der Waals surface area contributed by atoms with Crippen molar-refractivity contribution in [3.05, 3.63) is 356 Å². The first-order valence-corrected chi connectivity index (χ1v) is 36.7. The maximum atomic E-state index is 2.52. The van der Waals surface area contributed by atoms with Gasteiger partial charge in [-0.3, -0.25) is 0 Å². The highest BCUT2D eigenvalue weighted by molar-refractivity contribution is 5.94. The highest BCUT2D eigenvalue weighted by atomic mass is 15.1. The Labute approximate surface area is 602 Å². The minimum absolute atomic E-state index is 0.129. The van der Waals surface area contributed by atoms with Crippen LogP contribution in [0.3, 0.4) is 0 Å². The molecule has 0 aromatic heterocycles. The van der Waals surface area contributed by atoms with E-state index >= 15 is 0 Å². The summed E-state index contributed by atoms with van der Waals surface area (Å²) < 4.78 is 0. The monoisotopic (exact) mass is 1310 g/mol. The van der Waals surface area contributed by atoms with Crippen LogP contribution in [-0.2, 0) is 32.5 Å². The first kappa shape index (κ1) is 62.0. The Morgan fingerprint density at radius 1 is 0.167 bits per heavy atom. The van der Waals surface area contributed by atoms with E-state index in [0.717, 1.165) is 0 Å². The minimum atomic E-state index is -0.233. The van der Waals surface area contributed by atoms with Gasteiger partial charge in [-0.05, 0) is 229 Å². The lowest BCUT2D eigenvalue weighted by molar-refractivity contribution is 0.659. The van der Waals surface area contributed by atoms with Crippen molar-refractivity contribution in [2.45, 2.75) is 116 Å². The van der Waals surface area contributed by atoms with Gasteiger partial charge >= 0.3 is 0 Å². The van der Waals surface area contributed by atoms with Gasteiger partial charge in [0.2, 0.25) is 0 Å². The van der Waals surface area contributed by atoms with E-state index in [1.54, 1.807) is 0 Å². The molecule has 2 nitrogen and oxygen atoms in total. The third-order valence-electron chi connectivity index (χ3n) is 25.1. The Hall–Kier alpha value is -11.1. The molecule has 6 aliphatic rings. The lowest BCUT2D eigenvalue weighted by Crippen LogP contribution is -2.19. The predicted molar refractivity (Wildman–Crippen MR) is 432 cm³/mol. The largest absolute Gasteiger partial charge is 0.310 e. The number of anilines is 6. The number of benzene rings is 13. The summed E-state index contributed by atoms with van der Waals surface area (Å²) in [6.07, 6.45) is 9.08. The van der Waals surface area contributed by atoms with Crippen molar-refractivity contribution in [3.63, 3.8) is 0 Å². The van der Waals surface area contributed by atoms with E-state index in [1.165, 1.54) is 190 Å². The zero-order chi connectivity index (χ0) is 69.7. The number of rotatable bonds is 10. The van der Waals surface area contributed by atoms with E-state index < -0.39 is 0 Å². The van der Waals surface area contributed by atoms with Gasteiger partial charge in [0, 0.05) is 66.6 Å². The topological polar surface area (TPSA) is 6.48 Å². The Morgan fingerprint density at radius 3 is 0.569 bits per heavy atom. The molecule has 0 fully saturated rings. The van der Waals surface area contributed by atoms with E-state index in [1.807, 2.05) is 0 Å². The van der Waals surface area contributed by atoms with Crippen molar-refractivity contribution in [3.8, 4) is 66.8 Å². The average molecular weight is 1310 g/mol. The van der Waals surface area contributed by atoms with Gasteiger partial charge in [-0.1, -0.05) is 302 Å². The van der Waals surface area contributed by atoms with E-state index in [0.29, 0.717) is 0 Å². The molecular weight excluding hydrogens is 1230 g/mol. The molecule has 0 spiro atoms. The van der Waals surface area contributed by atoms with E-state index in [9.17, 15) is 0 Å². The summed E-state index contributed by atoms with van der Waals surface area (Å²) in [5.41, 5.74) is 43.2. The van der Waals surface area contributed by atoms with Gasteiger partial charge in [0.05, 0.1) is 0 Å². The second-order valence-corrected chi connectivity index (χ2v) is 32.9. The zero-order valence-electron chi connectivity index (χ0n) is 60.6. The minimum Gasteiger partial charge on any atom is -0.310 e. The Morgan fingerprint density at radius 2 is 0.333 bits per heavy atom. The van der Waals surface area contributed by atoms with Gasteiger partial charge in [0.25, 0.3) is 0 Å². The van der Waals surface area contributed by atoms with Crippen LogP contribution in [0.15, 0.2) is 267 Å². The molecule has 0 unspecified atom stereocenters. The van der Waals surface area contributed by atoms with Crippen LogP contribution in [0.4, 0.5) is 34.1 Å². The number of fused-ring (bicyclic) bond motifs is 18. The smallest absolute Gasteiger partial charge is 0.0465 e. The molecule has 0 N–H and O–H groups in total. The fraction of sp³-hybridized carbons (Fsp3) is 0.180. The molecule has 6 aliphatic carbocycles. The number of nitrogens with zero attached hydrogens (tertiary/aromatic N) is 2. The molecule has 0 saturated heterocycles. The van der Waals surface area contributed by atoms with Crippen LogP contribution in [0.25, 0.3) is 91.1 Å². The van der Waals surface area contributed by atoms with Crippen molar-refractivity contribution in [2.24, 2.45) is 0 Å². The van der Waals surface area contributed by atoms with Gasteiger partial charge in [-0.25, -0.2) is 0 Å². The summed E-state index contributed by atoms with van der Waals surface area (Å²) in [5, 5.41) is 0. The highest BCUT2D eigenvalue weighted by Gasteiger charge is 2.43. The number of hydrogen-bond donors (Lipinski definition) is 0.